The lowest BCUT2D eigenvalue weighted by molar-refractivity contribution is -0.158. The number of ether oxygens (including phenoxy) is 3. The molecule has 2 heterocycles. The predicted molar refractivity (Wildman–Crippen MR) is 57.8 cm³/mol. The van der Waals surface area contributed by atoms with Crippen LogP contribution in [-0.2, 0) is 23.8 Å². The zero-order valence-electron chi connectivity index (χ0n) is 10.2. The maximum atomic E-state index is 11.7. The van der Waals surface area contributed by atoms with Gasteiger partial charge < -0.3 is 14.2 Å². The lowest BCUT2D eigenvalue weighted by Gasteiger charge is -2.39. The zero-order chi connectivity index (χ0) is 12.6. The molecule has 5 heteroatoms. The smallest absolute Gasteiger partial charge is 0.337 e. The van der Waals surface area contributed by atoms with Crippen molar-refractivity contribution in [2.24, 2.45) is 11.8 Å². The molecular weight excluding hydrogens is 224 g/mol. The molecule has 3 atom stereocenters. The topological polar surface area (TPSA) is 61.8 Å². The highest BCUT2D eigenvalue weighted by molar-refractivity contribution is 5.91. The number of allylic oxidation sites excluding steroid dienone is 1. The van der Waals surface area contributed by atoms with Crippen molar-refractivity contribution in [2.75, 3.05) is 13.7 Å². The van der Waals surface area contributed by atoms with Crippen molar-refractivity contribution in [3.8, 4) is 0 Å². The van der Waals surface area contributed by atoms with Crippen molar-refractivity contribution in [2.45, 2.75) is 26.4 Å². The van der Waals surface area contributed by atoms with Crippen LogP contribution in [0.15, 0.2) is 11.3 Å². The van der Waals surface area contributed by atoms with Gasteiger partial charge in [0.05, 0.1) is 25.7 Å². The third kappa shape index (κ3) is 2.01. The molecule has 2 rings (SSSR count). The summed E-state index contributed by atoms with van der Waals surface area (Å²) in [5.74, 6) is -0.244. The Kier molecular flexibility index (Phi) is 3.09. The summed E-state index contributed by atoms with van der Waals surface area (Å²) in [5, 5.41) is 0. The molecule has 17 heavy (non-hydrogen) atoms. The minimum atomic E-state index is -0.417. The highest BCUT2D eigenvalue weighted by atomic mass is 16.5. The van der Waals surface area contributed by atoms with Crippen molar-refractivity contribution in [1.29, 1.82) is 0 Å². The first-order valence-corrected chi connectivity index (χ1v) is 5.66. The third-order valence-electron chi connectivity index (χ3n) is 3.46. The first kappa shape index (κ1) is 12.0. The van der Waals surface area contributed by atoms with Gasteiger partial charge in [-0.2, -0.15) is 0 Å². The number of hydrogen-bond donors (Lipinski definition) is 0. The molecule has 0 N–H and O–H groups in total. The van der Waals surface area contributed by atoms with E-state index in [1.54, 1.807) is 6.92 Å². The summed E-state index contributed by atoms with van der Waals surface area (Å²) in [6.45, 7) is 3.96. The lowest BCUT2D eigenvalue weighted by Crippen LogP contribution is -2.44. The van der Waals surface area contributed by atoms with Crippen molar-refractivity contribution in [3.63, 3.8) is 0 Å². The molecule has 0 bridgehead atoms. The molecule has 0 radical (unpaired) electrons. The molecule has 0 aliphatic carbocycles. The Morgan fingerprint density at radius 3 is 2.82 bits per heavy atom. The number of hydrogen-bond acceptors (Lipinski definition) is 5. The Hall–Kier alpha value is -1.52. The van der Waals surface area contributed by atoms with E-state index in [4.69, 9.17) is 14.2 Å². The fourth-order valence-corrected chi connectivity index (χ4v) is 2.57. The van der Waals surface area contributed by atoms with Gasteiger partial charge in [0.25, 0.3) is 0 Å². The summed E-state index contributed by atoms with van der Waals surface area (Å²) in [4.78, 5) is 23.1. The first-order chi connectivity index (χ1) is 8.04. The third-order valence-corrected chi connectivity index (χ3v) is 3.46. The lowest BCUT2D eigenvalue weighted by atomic mass is 9.77. The van der Waals surface area contributed by atoms with Gasteiger partial charge in [0.2, 0.25) is 0 Å². The van der Waals surface area contributed by atoms with Gasteiger partial charge in [-0.1, -0.05) is 0 Å². The standard InChI is InChI=1S/C12H16O5/c1-6-9-5-16-10(13)4-8(9)11(7(2)17-6)12(14)15-3/h6,8-9H,4-5H2,1-3H3. The summed E-state index contributed by atoms with van der Waals surface area (Å²) in [6.07, 6.45) is 0.168. The Bertz CT molecular complexity index is 384. The van der Waals surface area contributed by atoms with Gasteiger partial charge in [-0.3, -0.25) is 4.79 Å². The van der Waals surface area contributed by atoms with Crippen molar-refractivity contribution in [1.82, 2.24) is 0 Å². The summed E-state index contributed by atoms with van der Waals surface area (Å²) >= 11 is 0. The number of rotatable bonds is 1. The predicted octanol–water partition coefficient (Wildman–Crippen LogP) is 1.03. The molecule has 0 amide bonds. The van der Waals surface area contributed by atoms with Gasteiger partial charge >= 0.3 is 11.9 Å². The summed E-state index contributed by atoms with van der Waals surface area (Å²) < 4.78 is 15.4. The number of cyclic esters (lactones) is 1. The maximum Gasteiger partial charge on any atom is 0.337 e. The van der Waals surface area contributed by atoms with E-state index >= 15 is 0 Å². The Labute approximate surface area is 99.7 Å². The van der Waals surface area contributed by atoms with Crippen LogP contribution >= 0.6 is 0 Å². The normalized spacial score (nSPS) is 32.4. The van der Waals surface area contributed by atoms with Gasteiger partial charge in [-0.05, 0) is 13.8 Å². The van der Waals surface area contributed by atoms with Crippen LogP contribution in [0.5, 0.6) is 0 Å². The highest BCUT2D eigenvalue weighted by Crippen LogP contribution is 2.39. The van der Waals surface area contributed by atoms with E-state index in [9.17, 15) is 9.59 Å². The highest BCUT2D eigenvalue weighted by Gasteiger charge is 2.44. The number of carbonyl (C=O) groups excluding carboxylic acids is 2. The second-order valence-corrected chi connectivity index (χ2v) is 4.44. The van der Waals surface area contributed by atoms with Gasteiger partial charge in [0.15, 0.2) is 0 Å². The largest absolute Gasteiger partial charge is 0.494 e. The van der Waals surface area contributed by atoms with Gasteiger partial charge in [-0.15, -0.1) is 0 Å². The van der Waals surface area contributed by atoms with E-state index in [1.165, 1.54) is 7.11 Å². The van der Waals surface area contributed by atoms with Crippen LogP contribution in [-0.4, -0.2) is 31.8 Å². The minimum absolute atomic E-state index is 0.0329. The Morgan fingerprint density at radius 1 is 1.47 bits per heavy atom. The van der Waals surface area contributed by atoms with E-state index in [-0.39, 0.29) is 30.3 Å². The van der Waals surface area contributed by atoms with Crippen LogP contribution in [0, 0.1) is 11.8 Å². The molecule has 94 valence electrons. The number of esters is 2. The summed E-state index contributed by atoms with van der Waals surface area (Å²) in [6, 6.07) is 0. The van der Waals surface area contributed by atoms with E-state index < -0.39 is 5.97 Å². The van der Waals surface area contributed by atoms with Crippen LogP contribution in [0.1, 0.15) is 20.3 Å². The van der Waals surface area contributed by atoms with Gasteiger partial charge in [-0.25, -0.2) is 4.79 Å². The zero-order valence-corrected chi connectivity index (χ0v) is 10.2. The van der Waals surface area contributed by atoms with Crippen molar-refractivity contribution >= 4 is 11.9 Å². The van der Waals surface area contributed by atoms with Gasteiger partial charge in [0, 0.05) is 11.8 Å². The van der Waals surface area contributed by atoms with E-state index in [0.717, 1.165) is 0 Å². The minimum Gasteiger partial charge on any atom is -0.494 e. The monoisotopic (exact) mass is 240 g/mol. The molecule has 0 saturated carbocycles. The second-order valence-electron chi connectivity index (χ2n) is 4.44. The van der Waals surface area contributed by atoms with E-state index in [0.29, 0.717) is 17.9 Å². The number of carbonyl (C=O) groups is 2. The molecule has 1 saturated heterocycles. The second kappa shape index (κ2) is 4.39. The molecule has 0 spiro atoms. The molecule has 3 unspecified atom stereocenters. The SMILES string of the molecule is COC(=O)C1=C(C)OC(C)C2COC(=O)CC12. The van der Waals surface area contributed by atoms with Crippen LogP contribution in [0.4, 0.5) is 0 Å². The van der Waals surface area contributed by atoms with Crippen molar-refractivity contribution in [3.05, 3.63) is 11.3 Å². The summed E-state index contributed by atoms with van der Waals surface area (Å²) in [5.41, 5.74) is 0.479. The average Bonchev–Trinajstić information content (AvgIpc) is 2.28. The average molecular weight is 240 g/mol. The first-order valence-electron chi connectivity index (χ1n) is 5.66. The fourth-order valence-electron chi connectivity index (χ4n) is 2.57. The van der Waals surface area contributed by atoms with Crippen LogP contribution in [0.2, 0.25) is 0 Å². The van der Waals surface area contributed by atoms with Gasteiger partial charge in [0.1, 0.15) is 11.9 Å². The molecule has 2 aliphatic rings. The maximum absolute atomic E-state index is 11.7. The molecule has 2 aliphatic heterocycles. The number of methoxy groups -OCH3 is 1. The van der Waals surface area contributed by atoms with Crippen molar-refractivity contribution < 1.29 is 23.8 Å². The Morgan fingerprint density at radius 2 is 2.18 bits per heavy atom. The fraction of sp³-hybridized carbons (Fsp3) is 0.667. The number of fused-ring (bicyclic) bond motifs is 1. The molecule has 0 aromatic carbocycles. The van der Waals surface area contributed by atoms with Crippen LogP contribution in [0.3, 0.4) is 0 Å². The van der Waals surface area contributed by atoms with E-state index in [1.807, 2.05) is 6.92 Å². The van der Waals surface area contributed by atoms with Crippen LogP contribution in [0.25, 0.3) is 0 Å². The van der Waals surface area contributed by atoms with Crippen LogP contribution < -0.4 is 0 Å². The molecular formula is C12H16O5. The Balaban J connectivity index is 2.36. The molecule has 0 aromatic heterocycles. The quantitative estimate of drug-likeness (QED) is 0.641. The summed E-state index contributed by atoms with van der Waals surface area (Å²) in [7, 11) is 1.33. The molecule has 0 aromatic rings. The van der Waals surface area contributed by atoms with E-state index in [2.05, 4.69) is 0 Å². The molecule has 5 nitrogen and oxygen atoms in total. The molecule has 1 fully saturated rings.